The van der Waals surface area contributed by atoms with Crippen LogP contribution in [0.3, 0.4) is 0 Å². The van der Waals surface area contributed by atoms with Crippen LogP contribution in [0.25, 0.3) is 0 Å². The first-order chi connectivity index (χ1) is 16.9. The van der Waals surface area contributed by atoms with Gasteiger partial charge in [-0.05, 0) is 74.0 Å². The number of hydrogen-bond donors (Lipinski definition) is 1. The van der Waals surface area contributed by atoms with Crippen LogP contribution in [0.15, 0.2) is 71.3 Å². The molecule has 2 aromatic carbocycles. The van der Waals surface area contributed by atoms with Crippen LogP contribution >= 0.6 is 0 Å². The number of ketones is 1. The Labute approximate surface area is 202 Å². The Morgan fingerprint density at radius 1 is 0.886 bits per heavy atom. The fourth-order valence-corrected chi connectivity index (χ4v) is 2.98. The highest BCUT2D eigenvalue weighted by molar-refractivity contribution is 5.98. The normalized spacial score (nSPS) is 10.3. The third-order valence-electron chi connectivity index (χ3n) is 4.71. The Balaban J connectivity index is 1.34. The minimum absolute atomic E-state index is 0.00560. The van der Waals surface area contributed by atoms with Gasteiger partial charge >= 0.3 is 11.9 Å². The van der Waals surface area contributed by atoms with Crippen LogP contribution in [-0.4, -0.2) is 36.8 Å². The zero-order valence-electron chi connectivity index (χ0n) is 19.2. The van der Waals surface area contributed by atoms with Crippen molar-refractivity contribution in [3.05, 3.63) is 78.3 Å². The van der Waals surface area contributed by atoms with Crippen molar-refractivity contribution in [3.63, 3.8) is 0 Å². The van der Waals surface area contributed by atoms with E-state index in [0.717, 1.165) is 0 Å². The quantitative estimate of drug-likeness (QED) is 0.230. The average Bonchev–Trinajstić information content (AvgIpc) is 3.40. The molecule has 182 valence electrons. The predicted octanol–water partition coefficient (Wildman–Crippen LogP) is 4.43. The molecular formula is C26H25NO8. The number of benzene rings is 2. The summed E-state index contributed by atoms with van der Waals surface area (Å²) in [6, 6.07) is 15.9. The summed E-state index contributed by atoms with van der Waals surface area (Å²) in [7, 11) is 0. The second-order valence-corrected chi connectivity index (χ2v) is 7.33. The predicted molar refractivity (Wildman–Crippen MR) is 125 cm³/mol. The molecule has 1 aromatic heterocycles. The molecule has 0 aliphatic heterocycles. The molecule has 1 heterocycles. The van der Waals surface area contributed by atoms with Crippen LogP contribution in [0.1, 0.15) is 47.1 Å². The number of furan rings is 1. The molecule has 1 N–H and O–H groups in total. The third-order valence-corrected chi connectivity index (χ3v) is 4.71. The van der Waals surface area contributed by atoms with Crippen LogP contribution in [0.2, 0.25) is 0 Å². The van der Waals surface area contributed by atoms with Crippen molar-refractivity contribution >= 4 is 29.3 Å². The second-order valence-electron chi connectivity index (χ2n) is 7.33. The summed E-state index contributed by atoms with van der Waals surface area (Å²) in [6.45, 7) is 2.02. The molecule has 0 saturated carbocycles. The van der Waals surface area contributed by atoms with Gasteiger partial charge in [-0.15, -0.1) is 0 Å². The molecule has 0 fully saturated rings. The molecule has 0 spiro atoms. The van der Waals surface area contributed by atoms with Crippen molar-refractivity contribution in [2.45, 2.75) is 26.2 Å². The molecule has 0 radical (unpaired) electrons. The van der Waals surface area contributed by atoms with E-state index in [-0.39, 0.29) is 36.7 Å². The first-order valence-electron chi connectivity index (χ1n) is 11.0. The van der Waals surface area contributed by atoms with E-state index in [9.17, 15) is 19.2 Å². The number of carbonyl (C=O) groups is 4. The van der Waals surface area contributed by atoms with Crippen molar-refractivity contribution in [3.8, 4) is 11.5 Å². The Bertz CT molecular complexity index is 1140. The highest BCUT2D eigenvalue weighted by Gasteiger charge is 2.14. The van der Waals surface area contributed by atoms with Crippen LogP contribution < -0.4 is 14.8 Å². The van der Waals surface area contributed by atoms with E-state index in [2.05, 4.69) is 5.32 Å². The molecule has 9 heteroatoms. The first-order valence-corrected chi connectivity index (χ1v) is 11.0. The standard InChI is InChI=1S/C26H25NO8/c1-2-32-20-14-10-19(11-15-20)27-24(29)6-3-7-25(30)34-17-22(28)18-8-12-21(13-9-18)35-26(31)23-5-4-16-33-23/h4-5,8-16H,2-3,6-7,17H2,1H3,(H,27,29). The number of rotatable bonds is 12. The fourth-order valence-electron chi connectivity index (χ4n) is 2.98. The zero-order chi connectivity index (χ0) is 25.0. The maximum Gasteiger partial charge on any atom is 0.379 e. The fraction of sp³-hybridized carbons (Fsp3) is 0.231. The molecule has 3 aromatic rings. The van der Waals surface area contributed by atoms with Crippen molar-refractivity contribution in [2.75, 3.05) is 18.5 Å². The summed E-state index contributed by atoms with van der Waals surface area (Å²) in [6.07, 6.45) is 1.78. The number of nitrogens with one attached hydrogen (secondary N) is 1. The topological polar surface area (TPSA) is 121 Å². The lowest BCUT2D eigenvalue weighted by Gasteiger charge is -2.07. The molecule has 0 bridgehead atoms. The molecule has 0 unspecified atom stereocenters. The summed E-state index contributed by atoms with van der Waals surface area (Å²) in [5.74, 6) is -0.852. The minimum Gasteiger partial charge on any atom is -0.494 e. The number of anilines is 1. The largest absolute Gasteiger partial charge is 0.494 e. The van der Waals surface area contributed by atoms with Crippen LogP contribution in [0.5, 0.6) is 11.5 Å². The Hall–Kier alpha value is -4.40. The molecule has 0 aliphatic rings. The average molecular weight is 479 g/mol. The number of ether oxygens (including phenoxy) is 3. The SMILES string of the molecule is CCOc1ccc(NC(=O)CCCC(=O)OCC(=O)c2ccc(OC(=O)c3ccco3)cc2)cc1. The van der Waals surface area contributed by atoms with Gasteiger partial charge in [-0.3, -0.25) is 14.4 Å². The number of esters is 2. The van der Waals surface area contributed by atoms with Crippen molar-refractivity contribution in [1.29, 1.82) is 0 Å². The molecular weight excluding hydrogens is 454 g/mol. The number of Topliss-reactive ketones (excluding diaryl/α,β-unsaturated/α-hetero) is 1. The molecule has 0 saturated heterocycles. The zero-order valence-corrected chi connectivity index (χ0v) is 19.2. The lowest BCUT2D eigenvalue weighted by atomic mass is 10.1. The van der Waals surface area contributed by atoms with Gasteiger partial charge in [0.1, 0.15) is 11.5 Å². The summed E-state index contributed by atoms with van der Waals surface area (Å²) in [5, 5.41) is 2.74. The van der Waals surface area contributed by atoms with E-state index < -0.39 is 24.3 Å². The number of carbonyl (C=O) groups excluding carboxylic acids is 4. The van der Waals surface area contributed by atoms with E-state index in [4.69, 9.17) is 18.6 Å². The van der Waals surface area contributed by atoms with Gasteiger partial charge in [-0.1, -0.05) is 0 Å². The molecule has 0 atom stereocenters. The minimum atomic E-state index is -0.656. The lowest BCUT2D eigenvalue weighted by Crippen LogP contribution is -2.15. The van der Waals surface area contributed by atoms with E-state index >= 15 is 0 Å². The Morgan fingerprint density at radius 2 is 1.60 bits per heavy atom. The van der Waals surface area contributed by atoms with E-state index in [1.165, 1.54) is 36.6 Å². The van der Waals surface area contributed by atoms with E-state index in [1.807, 2.05) is 6.92 Å². The molecule has 0 aliphatic carbocycles. The summed E-state index contributed by atoms with van der Waals surface area (Å²) in [5.41, 5.74) is 0.929. The Morgan fingerprint density at radius 3 is 2.26 bits per heavy atom. The van der Waals surface area contributed by atoms with E-state index in [0.29, 0.717) is 23.6 Å². The summed E-state index contributed by atoms with van der Waals surface area (Å²) in [4.78, 5) is 48.1. The van der Waals surface area contributed by atoms with Gasteiger partial charge in [0.15, 0.2) is 12.4 Å². The van der Waals surface area contributed by atoms with Gasteiger partial charge in [0.25, 0.3) is 0 Å². The van der Waals surface area contributed by atoms with Gasteiger partial charge in [0.05, 0.1) is 12.9 Å². The molecule has 1 amide bonds. The van der Waals surface area contributed by atoms with Gasteiger partial charge in [0, 0.05) is 24.1 Å². The highest BCUT2D eigenvalue weighted by Crippen LogP contribution is 2.17. The van der Waals surface area contributed by atoms with Crippen LogP contribution in [0.4, 0.5) is 5.69 Å². The highest BCUT2D eigenvalue weighted by atomic mass is 16.5. The molecule has 35 heavy (non-hydrogen) atoms. The van der Waals surface area contributed by atoms with Crippen molar-refractivity contribution in [1.82, 2.24) is 0 Å². The third kappa shape index (κ3) is 8.15. The van der Waals surface area contributed by atoms with Crippen molar-refractivity contribution < 1.29 is 37.8 Å². The van der Waals surface area contributed by atoms with Crippen molar-refractivity contribution in [2.24, 2.45) is 0 Å². The number of hydrogen-bond acceptors (Lipinski definition) is 8. The second kappa shape index (κ2) is 12.7. The molecule has 9 nitrogen and oxygen atoms in total. The number of amides is 1. The molecule has 3 rings (SSSR count). The summed E-state index contributed by atoms with van der Waals surface area (Å²) >= 11 is 0. The van der Waals surface area contributed by atoms with Gasteiger partial charge in [-0.2, -0.15) is 0 Å². The van der Waals surface area contributed by atoms with Crippen LogP contribution in [0, 0.1) is 0 Å². The smallest absolute Gasteiger partial charge is 0.379 e. The van der Waals surface area contributed by atoms with Gasteiger partial charge < -0.3 is 23.9 Å². The summed E-state index contributed by atoms with van der Waals surface area (Å²) < 4.78 is 20.5. The maximum absolute atomic E-state index is 12.2. The lowest BCUT2D eigenvalue weighted by molar-refractivity contribution is -0.142. The maximum atomic E-state index is 12.2. The van der Waals surface area contributed by atoms with Gasteiger partial charge in [-0.25, -0.2) is 4.79 Å². The monoisotopic (exact) mass is 479 g/mol. The van der Waals surface area contributed by atoms with E-state index in [1.54, 1.807) is 30.3 Å². The van der Waals surface area contributed by atoms with Gasteiger partial charge in [0.2, 0.25) is 11.7 Å². The van der Waals surface area contributed by atoms with Crippen LogP contribution in [-0.2, 0) is 14.3 Å². The Kier molecular flexibility index (Phi) is 9.18. The first kappa shape index (κ1) is 25.2.